The fourth-order valence-corrected chi connectivity index (χ4v) is 4.08. The van der Waals surface area contributed by atoms with E-state index in [1.807, 2.05) is 6.92 Å². The second-order valence-electron chi connectivity index (χ2n) is 5.59. The zero-order chi connectivity index (χ0) is 18.3. The molecule has 0 radical (unpaired) electrons. The summed E-state index contributed by atoms with van der Waals surface area (Å²) in [6, 6.07) is 2.51. The van der Waals surface area contributed by atoms with Gasteiger partial charge in [0.05, 0.1) is 18.1 Å². The van der Waals surface area contributed by atoms with E-state index in [1.54, 1.807) is 18.3 Å². The number of ether oxygens (including phenoxy) is 1. The van der Waals surface area contributed by atoms with Crippen molar-refractivity contribution in [1.29, 1.82) is 0 Å². The summed E-state index contributed by atoms with van der Waals surface area (Å²) in [5.74, 6) is 0.110. The molecule has 138 valence electrons. The van der Waals surface area contributed by atoms with Gasteiger partial charge in [-0.25, -0.2) is 18.2 Å². The average molecular weight is 370 g/mol. The van der Waals surface area contributed by atoms with Gasteiger partial charge in [0.2, 0.25) is 11.8 Å². The second kappa shape index (κ2) is 8.65. The molecule has 0 bridgehead atoms. The molecule has 3 amide bonds. The molecule has 0 aromatic carbocycles. The molecule has 1 aliphatic heterocycles. The van der Waals surface area contributed by atoms with Crippen molar-refractivity contribution in [2.75, 3.05) is 30.0 Å². The van der Waals surface area contributed by atoms with Crippen LogP contribution in [0.4, 0.5) is 10.5 Å². The van der Waals surface area contributed by atoms with Gasteiger partial charge in [-0.05, 0) is 25.5 Å². The minimum absolute atomic E-state index is 0.0200. The summed E-state index contributed by atoms with van der Waals surface area (Å²) in [7, 11) is -3.03. The lowest BCUT2D eigenvalue weighted by atomic mass is 10.2. The van der Waals surface area contributed by atoms with Gasteiger partial charge in [-0.1, -0.05) is 0 Å². The summed E-state index contributed by atoms with van der Waals surface area (Å²) in [4.78, 5) is 27.7. The molecule has 2 rings (SSSR count). The minimum atomic E-state index is -3.03. The van der Waals surface area contributed by atoms with Crippen LogP contribution in [0, 0.1) is 0 Å². The van der Waals surface area contributed by atoms with E-state index in [0.717, 1.165) is 0 Å². The number of urea groups is 1. The van der Waals surface area contributed by atoms with Crippen molar-refractivity contribution in [2.45, 2.75) is 25.8 Å². The first kappa shape index (κ1) is 19.0. The smallest absolute Gasteiger partial charge is 0.319 e. The highest BCUT2D eigenvalue weighted by Gasteiger charge is 2.28. The maximum Gasteiger partial charge on any atom is 0.319 e. The van der Waals surface area contributed by atoms with Crippen LogP contribution >= 0.6 is 0 Å². The first-order chi connectivity index (χ1) is 11.9. The molecular weight excluding hydrogens is 348 g/mol. The number of carbonyl (C=O) groups excluding carboxylic acids is 2. The van der Waals surface area contributed by atoms with Gasteiger partial charge in [-0.3, -0.25) is 4.79 Å². The van der Waals surface area contributed by atoms with E-state index in [2.05, 4.69) is 20.9 Å². The van der Waals surface area contributed by atoms with Crippen LogP contribution in [0.5, 0.6) is 5.88 Å². The predicted molar refractivity (Wildman–Crippen MR) is 92.2 cm³/mol. The third-order valence-electron chi connectivity index (χ3n) is 3.54. The van der Waals surface area contributed by atoms with Crippen molar-refractivity contribution in [1.82, 2.24) is 15.6 Å². The van der Waals surface area contributed by atoms with E-state index >= 15 is 0 Å². The van der Waals surface area contributed by atoms with Gasteiger partial charge in [0.1, 0.15) is 5.69 Å². The molecule has 0 saturated carbocycles. The highest BCUT2D eigenvalue weighted by atomic mass is 32.2. The van der Waals surface area contributed by atoms with Gasteiger partial charge >= 0.3 is 6.03 Å². The number of hydrogen-bond acceptors (Lipinski definition) is 6. The lowest BCUT2D eigenvalue weighted by molar-refractivity contribution is -0.121. The normalized spacial score (nSPS) is 18.4. The Hall–Kier alpha value is -2.36. The number of nitrogens with zero attached hydrogens (tertiary/aromatic N) is 1. The first-order valence-corrected chi connectivity index (χ1v) is 9.84. The largest absolute Gasteiger partial charge is 0.476 e. The van der Waals surface area contributed by atoms with E-state index in [1.165, 1.54) is 0 Å². The van der Waals surface area contributed by atoms with Gasteiger partial charge in [-0.15, -0.1) is 0 Å². The summed E-state index contributed by atoms with van der Waals surface area (Å²) in [6.45, 7) is 2.36. The highest BCUT2D eigenvalue weighted by molar-refractivity contribution is 7.91. The van der Waals surface area contributed by atoms with E-state index in [-0.39, 0.29) is 36.4 Å². The lowest BCUT2D eigenvalue weighted by Crippen LogP contribution is -2.38. The third kappa shape index (κ3) is 6.22. The Balaban J connectivity index is 1.71. The van der Waals surface area contributed by atoms with Crippen LogP contribution in [0.1, 0.15) is 19.8 Å². The predicted octanol–water partition coefficient (Wildman–Crippen LogP) is 0.295. The van der Waals surface area contributed by atoms with Crippen LogP contribution in [-0.4, -0.2) is 56.0 Å². The molecule has 9 nitrogen and oxygen atoms in total. The molecule has 1 unspecified atom stereocenters. The van der Waals surface area contributed by atoms with Crippen LogP contribution in [0.15, 0.2) is 18.3 Å². The molecule has 1 aliphatic rings. The Labute approximate surface area is 146 Å². The van der Waals surface area contributed by atoms with Crippen molar-refractivity contribution in [3.8, 4) is 5.88 Å². The molecule has 3 N–H and O–H groups in total. The maximum atomic E-state index is 11.9. The Morgan fingerprint density at radius 3 is 2.88 bits per heavy atom. The number of rotatable bonds is 7. The average Bonchev–Trinajstić information content (AvgIpc) is 2.88. The molecule has 1 aromatic heterocycles. The molecule has 1 fully saturated rings. The minimum Gasteiger partial charge on any atom is -0.476 e. The molecule has 2 heterocycles. The fourth-order valence-electron chi connectivity index (χ4n) is 2.40. The summed E-state index contributed by atoms with van der Waals surface area (Å²) in [5.41, 5.74) is 0.433. The van der Waals surface area contributed by atoms with Crippen molar-refractivity contribution >= 4 is 27.5 Å². The van der Waals surface area contributed by atoms with Crippen molar-refractivity contribution in [3.63, 3.8) is 0 Å². The quantitative estimate of drug-likeness (QED) is 0.633. The van der Waals surface area contributed by atoms with Gasteiger partial charge < -0.3 is 20.7 Å². The molecule has 0 aliphatic carbocycles. The SMILES string of the molecule is CCOc1ncccc1NC(=O)NCCC(=O)NC1CCS(=O)(=O)C1. The summed E-state index contributed by atoms with van der Waals surface area (Å²) in [6.07, 6.45) is 2.06. The van der Waals surface area contributed by atoms with Gasteiger partial charge in [-0.2, -0.15) is 0 Å². The summed E-state index contributed by atoms with van der Waals surface area (Å²) >= 11 is 0. The molecule has 1 saturated heterocycles. The van der Waals surface area contributed by atoms with E-state index in [0.29, 0.717) is 24.6 Å². The van der Waals surface area contributed by atoms with Crippen LogP contribution in [0.3, 0.4) is 0 Å². The number of anilines is 1. The lowest BCUT2D eigenvalue weighted by Gasteiger charge is -2.12. The van der Waals surface area contributed by atoms with Gasteiger partial charge in [0.25, 0.3) is 0 Å². The Bertz CT molecular complexity index is 722. The maximum absolute atomic E-state index is 11.9. The monoisotopic (exact) mass is 370 g/mol. The Morgan fingerprint density at radius 2 is 2.20 bits per heavy atom. The number of nitrogens with one attached hydrogen (secondary N) is 3. The summed E-state index contributed by atoms with van der Waals surface area (Å²) in [5, 5.41) is 7.83. The topological polar surface area (TPSA) is 126 Å². The fraction of sp³-hybridized carbons (Fsp3) is 0.533. The zero-order valence-electron chi connectivity index (χ0n) is 13.9. The van der Waals surface area contributed by atoms with Crippen molar-refractivity contribution in [2.24, 2.45) is 0 Å². The number of aromatic nitrogens is 1. The number of hydrogen-bond donors (Lipinski definition) is 3. The van der Waals surface area contributed by atoms with Crippen LogP contribution in [0.25, 0.3) is 0 Å². The van der Waals surface area contributed by atoms with Crippen molar-refractivity contribution < 1.29 is 22.7 Å². The second-order valence-corrected chi connectivity index (χ2v) is 7.82. The molecule has 10 heteroatoms. The molecule has 1 atom stereocenters. The standard InChI is InChI=1S/C15H22N4O5S/c1-2-24-14-12(4-3-7-16-14)19-15(21)17-8-5-13(20)18-11-6-9-25(22,23)10-11/h3-4,7,11H,2,5-6,8-10H2,1H3,(H,18,20)(H2,17,19,21). The van der Waals surface area contributed by atoms with Gasteiger partial charge in [0, 0.05) is 25.2 Å². The van der Waals surface area contributed by atoms with Crippen molar-refractivity contribution in [3.05, 3.63) is 18.3 Å². The van der Waals surface area contributed by atoms with Crippen LogP contribution < -0.4 is 20.7 Å². The Kier molecular flexibility index (Phi) is 6.57. The van der Waals surface area contributed by atoms with Crippen LogP contribution in [0.2, 0.25) is 0 Å². The molecule has 0 spiro atoms. The first-order valence-electron chi connectivity index (χ1n) is 8.02. The van der Waals surface area contributed by atoms with E-state index in [9.17, 15) is 18.0 Å². The Morgan fingerprint density at radius 1 is 1.40 bits per heavy atom. The summed E-state index contributed by atoms with van der Waals surface area (Å²) < 4.78 is 28.0. The molecular formula is C15H22N4O5S. The number of carbonyl (C=O) groups is 2. The zero-order valence-corrected chi connectivity index (χ0v) is 14.8. The number of amides is 3. The molecule has 1 aromatic rings. The van der Waals surface area contributed by atoms with E-state index < -0.39 is 15.9 Å². The van der Waals surface area contributed by atoms with Gasteiger partial charge in [0.15, 0.2) is 9.84 Å². The van der Waals surface area contributed by atoms with Crippen LogP contribution in [-0.2, 0) is 14.6 Å². The highest BCUT2D eigenvalue weighted by Crippen LogP contribution is 2.20. The number of sulfone groups is 1. The number of pyridine rings is 1. The van der Waals surface area contributed by atoms with E-state index in [4.69, 9.17) is 4.74 Å². The third-order valence-corrected chi connectivity index (χ3v) is 5.30. The molecule has 25 heavy (non-hydrogen) atoms.